The molecule has 0 spiro atoms. The Morgan fingerprint density at radius 3 is 2.51 bits per heavy atom. The molecule has 3 aromatic carbocycles. The summed E-state index contributed by atoms with van der Waals surface area (Å²) in [6.45, 7) is 1.84. The zero-order chi connectivity index (χ0) is 26.5. The van der Waals surface area contributed by atoms with Gasteiger partial charge in [0, 0.05) is 11.1 Å². The largest absolute Gasteiger partial charge is 0.497 e. The van der Waals surface area contributed by atoms with E-state index in [-0.39, 0.29) is 17.3 Å². The lowest BCUT2D eigenvalue weighted by Gasteiger charge is -2.10. The number of amides is 2. The highest BCUT2D eigenvalue weighted by Gasteiger charge is 2.19. The normalized spacial score (nSPS) is 11.6. The minimum Gasteiger partial charge on any atom is -0.497 e. The van der Waals surface area contributed by atoms with Crippen molar-refractivity contribution >= 4 is 46.1 Å². The van der Waals surface area contributed by atoms with Gasteiger partial charge in [-0.2, -0.15) is 0 Å². The Morgan fingerprint density at radius 1 is 1.05 bits per heavy atom. The minimum absolute atomic E-state index is 0.00440. The van der Waals surface area contributed by atoms with Crippen LogP contribution in [0.15, 0.2) is 76.6 Å². The summed E-state index contributed by atoms with van der Waals surface area (Å²) >= 11 is 6.32. The van der Waals surface area contributed by atoms with Gasteiger partial charge in [0.15, 0.2) is 5.69 Å². The number of hydrogen-bond acceptors (Lipinski definition) is 6. The minimum atomic E-state index is -0.869. The molecule has 0 bridgehead atoms. The fraction of sp³-hybridized carbons (Fsp3) is 0.111. The van der Waals surface area contributed by atoms with E-state index in [1.807, 2.05) is 6.92 Å². The van der Waals surface area contributed by atoms with Crippen molar-refractivity contribution < 1.29 is 24.2 Å². The highest BCUT2D eigenvalue weighted by atomic mass is 35.5. The van der Waals surface area contributed by atoms with Crippen molar-refractivity contribution in [1.29, 1.82) is 0 Å². The van der Waals surface area contributed by atoms with Crippen molar-refractivity contribution in [1.82, 2.24) is 10.3 Å². The van der Waals surface area contributed by atoms with Crippen LogP contribution in [-0.4, -0.2) is 36.1 Å². The molecule has 37 heavy (non-hydrogen) atoms. The number of aromatic nitrogens is 1. The van der Waals surface area contributed by atoms with Crippen LogP contribution in [-0.2, 0) is 4.79 Å². The first-order chi connectivity index (χ1) is 17.8. The summed E-state index contributed by atoms with van der Waals surface area (Å²) in [7, 11) is 2.99. The summed E-state index contributed by atoms with van der Waals surface area (Å²) in [6, 6.07) is 16.9. The Hall–Kier alpha value is -4.63. The molecule has 0 radical (unpaired) electrons. The molecule has 0 aliphatic heterocycles. The summed E-state index contributed by atoms with van der Waals surface area (Å²) in [5, 5.41) is 21.5. The lowest BCUT2D eigenvalue weighted by atomic mass is 10.1. The highest BCUT2D eigenvalue weighted by Crippen LogP contribution is 2.41. The number of halogens is 1. The van der Waals surface area contributed by atoms with Gasteiger partial charge in [-0.15, -0.1) is 10.2 Å². The Morgan fingerprint density at radius 2 is 1.81 bits per heavy atom. The van der Waals surface area contributed by atoms with Crippen molar-refractivity contribution in [2.75, 3.05) is 14.2 Å². The zero-order valence-corrected chi connectivity index (χ0v) is 21.0. The molecule has 3 N–H and O–H groups in total. The van der Waals surface area contributed by atoms with Gasteiger partial charge in [-0.05, 0) is 55.0 Å². The zero-order valence-electron chi connectivity index (χ0n) is 20.2. The van der Waals surface area contributed by atoms with Gasteiger partial charge in [0.1, 0.15) is 17.2 Å². The topological polar surface area (TPSA) is 125 Å². The number of methoxy groups -OCH3 is 2. The molecule has 0 aliphatic rings. The number of aromatic hydroxyl groups is 1. The van der Waals surface area contributed by atoms with E-state index in [0.29, 0.717) is 38.6 Å². The van der Waals surface area contributed by atoms with Crippen LogP contribution >= 0.6 is 11.6 Å². The lowest BCUT2D eigenvalue weighted by molar-refractivity contribution is -0.115. The summed E-state index contributed by atoms with van der Waals surface area (Å²) < 4.78 is 10.7. The third kappa shape index (κ3) is 5.46. The number of hydrogen-bond donors (Lipinski definition) is 3. The molecule has 10 heteroatoms. The first-order valence-electron chi connectivity index (χ1n) is 11.1. The molecule has 1 heterocycles. The Kier molecular flexibility index (Phi) is 7.55. The van der Waals surface area contributed by atoms with Gasteiger partial charge in [0.05, 0.1) is 30.1 Å². The first-order valence-corrected chi connectivity index (χ1v) is 11.5. The second-order valence-corrected chi connectivity index (χ2v) is 8.33. The molecular weight excluding hydrogens is 496 g/mol. The van der Waals surface area contributed by atoms with E-state index in [0.717, 1.165) is 5.56 Å². The number of nitrogens with one attached hydrogen (secondary N) is 2. The molecular formula is C27H23ClN4O5. The van der Waals surface area contributed by atoms with E-state index in [1.165, 1.54) is 20.3 Å². The average Bonchev–Trinajstić information content (AvgIpc) is 3.26. The van der Waals surface area contributed by atoms with Crippen molar-refractivity contribution in [3.8, 4) is 17.4 Å². The van der Waals surface area contributed by atoms with Crippen molar-refractivity contribution in [2.24, 2.45) is 10.2 Å². The number of aryl methyl sites for hydroxylation is 1. The van der Waals surface area contributed by atoms with Crippen molar-refractivity contribution in [3.05, 3.63) is 88.1 Å². The maximum Gasteiger partial charge on any atom is 0.311 e. The molecule has 0 saturated heterocycles. The monoisotopic (exact) mass is 518 g/mol. The van der Waals surface area contributed by atoms with Gasteiger partial charge in [-0.3, -0.25) is 9.59 Å². The van der Waals surface area contributed by atoms with Crippen LogP contribution in [0.3, 0.4) is 0 Å². The molecule has 2 amide bonds. The van der Waals surface area contributed by atoms with Gasteiger partial charge in [-0.1, -0.05) is 35.9 Å². The second-order valence-electron chi connectivity index (χ2n) is 7.93. The van der Waals surface area contributed by atoms with Crippen LogP contribution in [0.25, 0.3) is 17.0 Å². The number of ether oxygens (including phenoxy) is 2. The van der Waals surface area contributed by atoms with E-state index in [9.17, 15) is 14.7 Å². The molecule has 188 valence electrons. The molecule has 0 saturated carbocycles. The molecule has 0 aliphatic carbocycles. The van der Waals surface area contributed by atoms with Crippen LogP contribution in [0, 0.1) is 6.92 Å². The Bertz CT molecular complexity index is 1540. The van der Waals surface area contributed by atoms with Gasteiger partial charge < -0.3 is 24.9 Å². The maximum absolute atomic E-state index is 13.2. The smallest absolute Gasteiger partial charge is 0.311 e. The van der Waals surface area contributed by atoms with E-state index >= 15 is 0 Å². The predicted octanol–water partition coefficient (Wildman–Crippen LogP) is 5.93. The standard InChI is InChI=1S/C27H23ClN4O5/c1-15-9-11-19(28)22-23(15)30-27(35)24(22)31-32-26(34)20(29-25(33)16-7-5-4-6-8-16)14-17-13-18(36-2)10-12-21(17)37-3/h4-14,30,35H,1-3H3,(H,29,33)/b20-14-,32-31?. The van der Waals surface area contributed by atoms with E-state index < -0.39 is 11.8 Å². The number of H-pyrrole nitrogens is 1. The molecule has 9 nitrogen and oxygen atoms in total. The fourth-order valence-electron chi connectivity index (χ4n) is 3.66. The van der Waals surface area contributed by atoms with Crippen LogP contribution in [0.5, 0.6) is 17.4 Å². The van der Waals surface area contributed by atoms with E-state index in [4.69, 9.17) is 21.1 Å². The Labute approximate surface area is 217 Å². The SMILES string of the molecule is COc1ccc(OC)c(/C=C(\NC(=O)c2ccccc2)C(=O)N=Nc2c(O)[nH]c3c(C)ccc(Cl)c23)c1. The maximum atomic E-state index is 13.2. The van der Waals surface area contributed by atoms with Crippen molar-refractivity contribution in [2.45, 2.75) is 6.92 Å². The number of rotatable bonds is 7. The third-order valence-electron chi connectivity index (χ3n) is 5.56. The molecule has 0 fully saturated rings. The highest BCUT2D eigenvalue weighted by molar-refractivity contribution is 6.36. The van der Waals surface area contributed by atoms with Gasteiger partial charge in [0.2, 0.25) is 5.88 Å². The fourth-order valence-corrected chi connectivity index (χ4v) is 3.91. The number of carbonyl (C=O) groups is 2. The molecule has 4 rings (SSSR count). The number of nitrogens with zero attached hydrogens (tertiary/aromatic N) is 2. The van der Waals surface area contributed by atoms with Crippen molar-refractivity contribution in [3.63, 3.8) is 0 Å². The quantitative estimate of drug-likeness (QED) is 0.206. The third-order valence-corrected chi connectivity index (χ3v) is 5.87. The summed E-state index contributed by atoms with van der Waals surface area (Å²) in [4.78, 5) is 28.9. The number of carbonyl (C=O) groups excluding carboxylic acids is 2. The molecule has 0 atom stereocenters. The molecule has 1 aromatic heterocycles. The Balaban J connectivity index is 1.76. The van der Waals surface area contributed by atoms with Gasteiger partial charge in [0.25, 0.3) is 5.91 Å². The number of benzene rings is 3. The van der Waals surface area contributed by atoms with Crippen LogP contribution < -0.4 is 14.8 Å². The number of aromatic amines is 1. The first kappa shape index (κ1) is 25.5. The summed E-state index contributed by atoms with van der Waals surface area (Å²) in [6.07, 6.45) is 1.41. The lowest BCUT2D eigenvalue weighted by Crippen LogP contribution is -2.26. The van der Waals surface area contributed by atoms with Gasteiger partial charge >= 0.3 is 5.91 Å². The molecule has 4 aromatic rings. The molecule has 0 unspecified atom stereocenters. The number of fused-ring (bicyclic) bond motifs is 1. The van der Waals surface area contributed by atoms with E-state index in [2.05, 4.69) is 20.5 Å². The van der Waals surface area contributed by atoms with Gasteiger partial charge in [-0.25, -0.2) is 0 Å². The summed E-state index contributed by atoms with van der Waals surface area (Å²) in [5.74, 6) is -0.731. The summed E-state index contributed by atoms with van der Waals surface area (Å²) in [5.41, 5.74) is 2.02. The van der Waals surface area contributed by atoms with Crippen LogP contribution in [0.1, 0.15) is 21.5 Å². The van der Waals surface area contributed by atoms with E-state index in [1.54, 1.807) is 60.7 Å². The average molecular weight is 519 g/mol. The van der Waals surface area contributed by atoms with Crippen LogP contribution in [0.2, 0.25) is 5.02 Å². The number of azo groups is 1. The second kappa shape index (κ2) is 11.0. The predicted molar refractivity (Wildman–Crippen MR) is 141 cm³/mol. The van der Waals surface area contributed by atoms with Crippen LogP contribution in [0.4, 0.5) is 5.69 Å².